The monoisotopic (exact) mass is 378 g/mol. The maximum atomic E-state index is 12.8. The Bertz CT molecular complexity index is 894. The van der Waals surface area contributed by atoms with Gasteiger partial charge in [-0.05, 0) is 48.9 Å². The highest BCUT2D eigenvalue weighted by atomic mass is 32.2. The first-order valence-corrected chi connectivity index (χ1v) is 9.42. The molecule has 0 bridgehead atoms. The zero-order valence-electron chi connectivity index (χ0n) is 14.1. The Balaban J connectivity index is 1.88. The molecule has 6 nitrogen and oxygen atoms in total. The Kier molecular flexibility index (Phi) is 6.23. The van der Waals surface area contributed by atoms with Crippen LogP contribution in [0.5, 0.6) is 0 Å². The van der Waals surface area contributed by atoms with Gasteiger partial charge < -0.3 is 5.32 Å². The lowest BCUT2D eigenvalue weighted by molar-refractivity contribution is -0.121. The maximum absolute atomic E-state index is 12.8. The van der Waals surface area contributed by atoms with Crippen molar-refractivity contribution in [1.82, 2.24) is 5.32 Å². The second-order valence-electron chi connectivity index (χ2n) is 5.83. The summed E-state index contributed by atoms with van der Waals surface area (Å²) >= 11 is 0. The van der Waals surface area contributed by atoms with Crippen molar-refractivity contribution < 1.29 is 22.4 Å². The van der Waals surface area contributed by atoms with E-state index in [1.54, 1.807) is 19.1 Å². The molecule has 0 fully saturated rings. The molecule has 138 valence electrons. The average Bonchev–Trinajstić information content (AvgIpc) is 2.59. The van der Waals surface area contributed by atoms with Crippen LogP contribution in [0, 0.1) is 5.82 Å². The van der Waals surface area contributed by atoms with Crippen molar-refractivity contribution in [2.75, 3.05) is 0 Å². The van der Waals surface area contributed by atoms with Gasteiger partial charge in [-0.25, -0.2) is 17.9 Å². The number of primary sulfonamides is 1. The van der Waals surface area contributed by atoms with E-state index in [4.69, 9.17) is 5.14 Å². The van der Waals surface area contributed by atoms with Crippen LogP contribution >= 0.6 is 0 Å². The number of benzene rings is 2. The SMILES string of the molecule is CC(NC(=O)CCC(=O)c1ccc(F)cc1)c1ccc(S(N)(=O)=O)cc1. The summed E-state index contributed by atoms with van der Waals surface area (Å²) in [6.07, 6.45) is 0.00432. The van der Waals surface area contributed by atoms with Gasteiger partial charge in [0.25, 0.3) is 0 Å². The number of sulfonamides is 1. The molecule has 1 unspecified atom stereocenters. The Hall–Kier alpha value is -2.58. The van der Waals surface area contributed by atoms with Gasteiger partial charge in [0.1, 0.15) is 5.82 Å². The van der Waals surface area contributed by atoms with Gasteiger partial charge in [0.15, 0.2) is 5.78 Å². The molecule has 8 heteroatoms. The Labute approximate surface area is 151 Å². The minimum absolute atomic E-state index is 0.00415. The van der Waals surface area contributed by atoms with Crippen LogP contribution in [0.2, 0.25) is 0 Å². The number of ketones is 1. The molecule has 2 rings (SSSR count). The van der Waals surface area contributed by atoms with Crippen LogP contribution in [0.1, 0.15) is 41.7 Å². The molecule has 0 radical (unpaired) electrons. The Morgan fingerprint density at radius 3 is 2.15 bits per heavy atom. The molecule has 2 aromatic carbocycles. The van der Waals surface area contributed by atoms with Gasteiger partial charge in [0.2, 0.25) is 15.9 Å². The quantitative estimate of drug-likeness (QED) is 0.721. The van der Waals surface area contributed by atoms with Gasteiger partial charge in [0.05, 0.1) is 10.9 Å². The molecule has 1 atom stereocenters. The lowest BCUT2D eigenvalue weighted by Crippen LogP contribution is -2.27. The molecule has 0 saturated carbocycles. The molecule has 0 aromatic heterocycles. The molecule has 0 heterocycles. The molecule has 0 saturated heterocycles. The van der Waals surface area contributed by atoms with Crippen molar-refractivity contribution in [2.45, 2.75) is 30.7 Å². The van der Waals surface area contributed by atoms with Gasteiger partial charge in [-0.3, -0.25) is 9.59 Å². The van der Waals surface area contributed by atoms with Gasteiger partial charge in [0, 0.05) is 18.4 Å². The highest BCUT2D eigenvalue weighted by Crippen LogP contribution is 2.16. The second kappa shape index (κ2) is 8.20. The number of hydrogen-bond acceptors (Lipinski definition) is 4. The van der Waals surface area contributed by atoms with Gasteiger partial charge >= 0.3 is 0 Å². The van der Waals surface area contributed by atoms with E-state index in [2.05, 4.69) is 5.32 Å². The summed E-state index contributed by atoms with van der Waals surface area (Å²) in [5.41, 5.74) is 1.06. The van der Waals surface area contributed by atoms with E-state index in [-0.39, 0.29) is 35.5 Å². The zero-order valence-corrected chi connectivity index (χ0v) is 14.9. The van der Waals surface area contributed by atoms with Crippen molar-refractivity contribution >= 4 is 21.7 Å². The number of carbonyl (C=O) groups excluding carboxylic acids is 2. The fraction of sp³-hybridized carbons (Fsp3) is 0.222. The zero-order chi connectivity index (χ0) is 19.3. The normalized spacial score (nSPS) is 12.4. The van der Waals surface area contributed by atoms with Crippen LogP contribution in [0.25, 0.3) is 0 Å². The number of rotatable bonds is 7. The molecule has 3 N–H and O–H groups in total. The summed E-state index contributed by atoms with van der Waals surface area (Å²) in [6.45, 7) is 1.74. The predicted octanol–water partition coefficient (Wildman–Crippen LogP) is 2.31. The predicted molar refractivity (Wildman–Crippen MR) is 94.3 cm³/mol. The average molecular weight is 378 g/mol. The van der Waals surface area contributed by atoms with E-state index in [9.17, 15) is 22.4 Å². The molecule has 2 aromatic rings. The third-order valence-corrected chi connectivity index (χ3v) is 4.76. The fourth-order valence-corrected chi connectivity index (χ4v) is 2.87. The number of hydrogen-bond donors (Lipinski definition) is 2. The molecule has 0 aliphatic carbocycles. The molecule has 0 aliphatic rings. The van der Waals surface area contributed by atoms with E-state index in [1.807, 2.05) is 0 Å². The lowest BCUT2D eigenvalue weighted by Gasteiger charge is -2.14. The summed E-state index contributed by atoms with van der Waals surface area (Å²) in [5.74, 6) is -0.990. The number of halogens is 1. The van der Waals surface area contributed by atoms with Crippen molar-refractivity contribution in [1.29, 1.82) is 0 Å². The first-order chi connectivity index (χ1) is 12.2. The summed E-state index contributed by atoms with van der Waals surface area (Å²) in [6, 6.07) is 10.6. The summed E-state index contributed by atoms with van der Waals surface area (Å²) < 4.78 is 35.3. The van der Waals surface area contributed by atoms with Crippen LogP contribution in [0.4, 0.5) is 4.39 Å². The number of Topliss-reactive ketones (excluding diaryl/α,β-unsaturated/α-hetero) is 1. The standard InChI is InChI=1S/C18H19FN2O4S/c1-12(13-4-8-16(9-5-13)26(20,24)25)21-18(23)11-10-17(22)14-2-6-15(19)7-3-14/h2-9,12H,10-11H2,1H3,(H,21,23)(H2,20,24,25). The third-order valence-electron chi connectivity index (χ3n) is 3.83. The molecular weight excluding hydrogens is 359 g/mol. The summed E-state index contributed by atoms with van der Waals surface area (Å²) in [7, 11) is -3.76. The van der Waals surface area contributed by atoms with Gasteiger partial charge in [-0.15, -0.1) is 0 Å². The molecule has 0 spiro atoms. The molecule has 26 heavy (non-hydrogen) atoms. The van der Waals surface area contributed by atoms with Gasteiger partial charge in [-0.1, -0.05) is 12.1 Å². The van der Waals surface area contributed by atoms with Crippen LogP contribution < -0.4 is 10.5 Å². The van der Waals surface area contributed by atoms with Crippen molar-refractivity contribution in [3.05, 3.63) is 65.5 Å². The van der Waals surface area contributed by atoms with E-state index in [0.29, 0.717) is 11.1 Å². The van der Waals surface area contributed by atoms with Crippen LogP contribution in [-0.2, 0) is 14.8 Å². The molecule has 1 amide bonds. The van der Waals surface area contributed by atoms with E-state index < -0.39 is 15.8 Å². The second-order valence-corrected chi connectivity index (χ2v) is 7.39. The van der Waals surface area contributed by atoms with E-state index >= 15 is 0 Å². The topological polar surface area (TPSA) is 106 Å². The van der Waals surface area contributed by atoms with E-state index in [1.165, 1.54) is 36.4 Å². The highest BCUT2D eigenvalue weighted by molar-refractivity contribution is 7.89. The fourth-order valence-electron chi connectivity index (χ4n) is 2.35. The number of nitrogens with two attached hydrogens (primary N) is 1. The Morgan fingerprint density at radius 1 is 1.04 bits per heavy atom. The van der Waals surface area contributed by atoms with Crippen LogP contribution in [0.15, 0.2) is 53.4 Å². The van der Waals surface area contributed by atoms with Crippen molar-refractivity contribution in [3.63, 3.8) is 0 Å². The maximum Gasteiger partial charge on any atom is 0.238 e. The minimum Gasteiger partial charge on any atom is -0.350 e. The minimum atomic E-state index is -3.76. The van der Waals surface area contributed by atoms with Gasteiger partial charge in [-0.2, -0.15) is 0 Å². The van der Waals surface area contributed by atoms with Crippen molar-refractivity contribution in [2.24, 2.45) is 5.14 Å². The van der Waals surface area contributed by atoms with Crippen LogP contribution in [0.3, 0.4) is 0 Å². The smallest absolute Gasteiger partial charge is 0.238 e. The molecular formula is C18H19FN2O4S. The summed E-state index contributed by atoms with van der Waals surface area (Å²) in [5, 5.41) is 7.78. The Morgan fingerprint density at radius 2 is 1.62 bits per heavy atom. The highest BCUT2D eigenvalue weighted by Gasteiger charge is 2.14. The van der Waals surface area contributed by atoms with Crippen molar-refractivity contribution in [3.8, 4) is 0 Å². The first-order valence-electron chi connectivity index (χ1n) is 7.87. The first kappa shape index (κ1) is 19.7. The number of nitrogens with one attached hydrogen (secondary N) is 1. The van der Waals surface area contributed by atoms with E-state index in [0.717, 1.165) is 0 Å². The third kappa shape index (κ3) is 5.47. The number of amides is 1. The largest absolute Gasteiger partial charge is 0.350 e. The van der Waals surface area contributed by atoms with Crippen LogP contribution in [-0.4, -0.2) is 20.1 Å². The number of carbonyl (C=O) groups is 2. The lowest BCUT2D eigenvalue weighted by atomic mass is 10.1. The summed E-state index contributed by atoms with van der Waals surface area (Å²) in [4.78, 5) is 24.0. The molecule has 0 aliphatic heterocycles.